The van der Waals surface area contributed by atoms with E-state index in [1.807, 2.05) is 38.1 Å². The molecule has 0 radical (unpaired) electrons. The second kappa shape index (κ2) is 10.7. The second-order valence-electron chi connectivity index (χ2n) is 8.25. The Labute approximate surface area is 215 Å². The molecule has 0 spiro atoms. The summed E-state index contributed by atoms with van der Waals surface area (Å²) in [5.41, 5.74) is 5.88. The van der Waals surface area contributed by atoms with Gasteiger partial charge in [0.15, 0.2) is 11.5 Å². The summed E-state index contributed by atoms with van der Waals surface area (Å²) in [5, 5.41) is 4.49. The van der Waals surface area contributed by atoms with Crippen LogP contribution in [0.3, 0.4) is 0 Å². The van der Waals surface area contributed by atoms with E-state index in [0.717, 1.165) is 33.2 Å². The summed E-state index contributed by atoms with van der Waals surface area (Å²) < 4.78 is 16.3. The number of carbonyl (C=O) groups is 1. The molecule has 1 amide bonds. The quantitative estimate of drug-likeness (QED) is 0.280. The highest BCUT2D eigenvalue weighted by atomic mass is 35.5. The van der Waals surface area contributed by atoms with E-state index in [-0.39, 0.29) is 5.91 Å². The third-order valence-electron chi connectivity index (χ3n) is 5.86. The number of rotatable bonds is 7. The molecule has 0 aliphatic rings. The van der Waals surface area contributed by atoms with Gasteiger partial charge in [-0.1, -0.05) is 41.4 Å². The Morgan fingerprint density at radius 2 is 1.72 bits per heavy atom. The van der Waals surface area contributed by atoms with Crippen molar-refractivity contribution in [3.05, 3.63) is 82.5 Å². The second-order valence-corrected chi connectivity index (χ2v) is 8.66. The van der Waals surface area contributed by atoms with Crippen LogP contribution < -0.4 is 19.5 Å². The van der Waals surface area contributed by atoms with Crippen LogP contribution in [-0.4, -0.2) is 32.2 Å². The summed E-state index contributed by atoms with van der Waals surface area (Å²) >= 11 is 6.59. The monoisotopic (exact) mass is 502 g/mol. The molecule has 1 heterocycles. The zero-order chi connectivity index (χ0) is 25.8. The number of aryl methyl sites for hydroxylation is 2. The van der Waals surface area contributed by atoms with Crippen LogP contribution in [0, 0.1) is 13.8 Å². The lowest BCUT2D eigenvalue weighted by Crippen LogP contribution is -2.10. The first kappa shape index (κ1) is 25.1. The lowest BCUT2D eigenvalue weighted by atomic mass is 9.96. The van der Waals surface area contributed by atoms with Crippen molar-refractivity contribution in [1.82, 2.24) is 4.98 Å². The summed E-state index contributed by atoms with van der Waals surface area (Å²) in [6.07, 6.45) is 4.77. The predicted molar refractivity (Wildman–Crippen MR) is 145 cm³/mol. The molecule has 1 aromatic heterocycles. The van der Waals surface area contributed by atoms with Crippen LogP contribution in [0.1, 0.15) is 16.7 Å². The van der Waals surface area contributed by atoms with Crippen LogP contribution in [0.2, 0.25) is 5.02 Å². The molecule has 0 unspecified atom stereocenters. The molecule has 0 aliphatic heterocycles. The first-order valence-electron chi connectivity index (χ1n) is 11.3. The molecule has 3 aromatic carbocycles. The minimum absolute atomic E-state index is 0.328. The highest BCUT2D eigenvalue weighted by Gasteiger charge is 2.17. The molecule has 4 rings (SSSR count). The fraction of sp³-hybridized carbons (Fsp3) is 0.172. The number of benzene rings is 3. The van der Waals surface area contributed by atoms with Gasteiger partial charge in [-0.25, -0.2) is 0 Å². The number of pyridine rings is 1. The van der Waals surface area contributed by atoms with Gasteiger partial charge in [0.1, 0.15) is 0 Å². The lowest BCUT2D eigenvalue weighted by Gasteiger charge is -2.16. The van der Waals surface area contributed by atoms with E-state index in [0.29, 0.717) is 33.5 Å². The van der Waals surface area contributed by atoms with Crippen LogP contribution in [-0.2, 0) is 4.79 Å². The smallest absolute Gasteiger partial charge is 0.248 e. The molecule has 36 heavy (non-hydrogen) atoms. The molecule has 0 atom stereocenters. The van der Waals surface area contributed by atoms with Gasteiger partial charge < -0.3 is 19.5 Å². The van der Waals surface area contributed by atoms with E-state index in [4.69, 9.17) is 25.8 Å². The van der Waals surface area contributed by atoms with Gasteiger partial charge in [-0.2, -0.15) is 0 Å². The molecule has 7 heteroatoms. The number of halogens is 1. The highest BCUT2D eigenvalue weighted by molar-refractivity contribution is 6.34. The maximum absolute atomic E-state index is 13.0. The van der Waals surface area contributed by atoms with Gasteiger partial charge >= 0.3 is 0 Å². The number of aromatic nitrogens is 1. The van der Waals surface area contributed by atoms with Gasteiger partial charge in [-0.15, -0.1) is 0 Å². The Balaban J connectivity index is 1.76. The van der Waals surface area contributed by atoms with E-state index in [9.17, 15) is 4.79 Å². The Kier molecular flexibility index (Phi) is 7.46. The molecule has 0 fully saturated rings. The third-order valence-corrected chi connectivity index (χ3v) is 6.19. The van der Waals surface area contributed by atoms with Crippen LogP contribution in [0.25, 0.3) is 28.1 Å². The summed E-state index contributed by atoms with van der Waals surface area (Å²) in [5.74, 6) is 1.13. The number of nitrogens with zero attached hydrogens (tertiary/aromatic N) is 1. The predicted octanol–water partition coefficient (Wildman–Crippen LogP) is 6.85. The van der Waals surface area contributed by atoms with E-state index in [2.05, 4.69) is 22.4 Å². The van der Waals surface area contributed by atoms with E-state index >= 15 is 0 Å². The number of ether oxygens (including phenoxy) is 3. The summed E-state index contributed by atoms with van der Waals surface area (Å²) in [6, 6.07) is 15.3. The average molecular weight is 503 g/mol. The molecular formula is C29H27ClN2O4. The van der Waals surface area contributed by atoms with Crippen molar-refractivity contribution in [3.8, 4) is 28.4 Å². The average Bonchev–Trinajstić information content (AvgIpc) is 2.87. The topological polar surface area (TPSA) is 69.7 Å². The van der Waals surface area contributed by atoms with Crippen LogP contribution >= 0.6 is 11.6 Å². The normalized spacial score (nSPS) is 11.1. The van der Waals surface area contributed by atoms with Gasteiger partial charge in [0.2, 0.25) is 11.7 Å². The van der Waals surface area contributed by atoms with Gasteiger partial charge in [0.05, 0.1) is 38.7 Å². The SMILES string of the molecule is COc1ccc(/C=C/C(=O)Nc2cnc3c(C)cc(C)cc3c2-c2ccccc2Cl)c(OC)c1OC. The number of hydrogen-bond donors (Lipinski definition) is 1. The number of fused-ring (bicyclic) bond motifs is 1. The summed E-state index contributed by atoms with van der Waals surface area (Å²) in [6.45, 7) is 4.06. The fourth-order valence-corrected chi connectivity index (χ4v) is 4.54. The standard InChI is InChI=1S/C29H27ClN2O4/c1-17-14-18(2)27-21(15-17)26(20-8-6-7-9-22(20)30)23(16-31-27)32-25(33)13-11-19-10-12-24(34-3)29(36-5)28(19)35-4/h6-16H,1-5H3,(H,32,33)/b13-11+. The molecule has 4 aromatic rings. The third kappa shape index (κ3) is 4.86. The van der Waals surface area contributed by atoms with Crippen molar-refractivity contribution in [1.29, 1.82) is 0 Å². The van der Waals surface area contributed by atoms with Crippen LogP contribution in [0.15, 0.2) is 60.8 Å². The summed E-state index contributed by atoms with van der Waals surface area (Å²) in [4.78, 5) is 17.7. The van der Waals surface area contributed by atoms with Crippen molar-refractivity contribution in [2.45, 2.75) is 13.8 Å². The number of anilines is 1. The number of carbonyl (C=O) groups excluding carboxylic acids is 1. The maximum atomic E-state index is 13.0. The van der Waals surface area contributed by atoms with Crippen molar-refractivity contribution >= 4 is 40.2 Å². The Bertz CT molecular complexity index is 1480. The van der Waals surface area contributed by atoms with Crippen LogP contribution in [0.5, 0.6) is 17.2 Å². The lowest BCUT2D eigenvalue weighted by molar-refractivity contribution is -0.111. The minimum atomic E-state index is -0.328. The van der Waals surface area contributed by atoms with Gasteiger partial charge in [-0.05, 0) is 49.8 Å². The fourth-order valence-electron chi connectivity index (χ4n) is 4.31. The van der Waals surface area contributed by atoms with Crippen molar-refractivity contribution in [2.24, 2.45) is 0 Å². The Morgan fingerprint density at radius 3 is 2.42 bits per heavy atom. The molecule has 1 N–H and O–H groups in total. The molecule has 0 saturated heterocycles. The van der Waals surface area contributed by atoms with Crippen molar-refractivity contribution in [2.75, 3.05) is 26.6 Å². The maximum Gasteiger partial charge on any atom is 0.248 e. The van der Waals surface area contributed by atoms with Crippen molar-refractivity contribution in [3.63, 3.8) is 0 Å². The zero-order valence-electron chi connectivity index (χ0n) is 20.8. The molecular weight excluding hydrogens is 476 g/mol. The van der Waals surface area contributed by atoms with Gasteiger partial charge in [0.25, 0.3) is 0 Å². The van der Waals surface area contributed by atoms with Crippen LogP contribution in [0.4, 0.5) is 5.69 Å². The molecule has 0 saturated carbocycles. The zero-order valence-corrected chi connectivity index (χ0v) is 21.6. The Morgan fingerprint density at radius 1 is 0.972 bits per heavy atom. The van der Waals surface area contributed by atoms with Gasteiger partial charge in [-0.3, -0.25) is 9.78 Å². The number of amides is 1. The first-order chi connectivity index (χ1) is 17.4. The Hall–Kier alpha value is -4.03. The van der Waals surface area contributed by atoms with E-state index < -0.39 is 0 Å². The number of methoxy groups -OCH3 is 3. The van der Waals surface area contributed by atoms with E-state index in [1.54, 1.807) is 31.5 Å². The first-order valence-corrected chi connectivity index (χ1v) is 11.7. The minimum Gasteiger partial charge on any atom is -0.493 e. The van der Waals surface area contributed by atoms with E-state index in [1.165, 1.54) is 20.3 Å². The van der Waals surface area contributed by atoms with Gasteiger partial charge in [0, 0.05) is 33.2 Å². The molecule has 184 valence electrons. The summed E-state index contributed by atoms with van der Waals surface area (Å²) in [7, 11) is 4.62. The largest absolute Gasteiger partial charge is 0.493 e. The number of hydrogen-bond acceptors (Lipinski definition) is 5. The molecule has 0 bridgehead atoms. The number of nitrogens with one attached hydrogen (secondary N) is 1. The highest BCUT2D eigenvalue weighted by Crippen LogP contribution is 2.41. The van der Waals surface area contributed by atoms with Crippen molar-refractivity contribution < 1.29 is 19.0 Å². The molecule has 6 nitrogen and oxygen atoms in total. The molecule has 0 aliphatic carbocycles.